The lowest BCUT2D eigenvalue weighted by Crippen LogP contribution is -2.46. The lowest BCUT2D eigenvalue weighted by atomic mass is 10.2. The number of hydrogen-bond acceptors (Lipinski definition) is 3. The third kappa shape index (κ3) is 5.86. The molecule has 18 heavy (non-hydrogen) atoms. The smallest absolute Gasteiger partial charge is 0.317 e. The Bertz CT molecular complexity index is 282. The van der Waals surface area contributed by atoms with Gasteiger partial charge < -0.3 is 20.2 Å². The second kappa shape index (κ2) is 7.92. The van der Waals surface area contributed by atoms with Crippen LogP contribution in [0.25, 0.3) is 0 Å². The molecule has 2 unspecified atom stereocenters. The van der Waals surface area contributed by atoms with Gasteiger partial charge in [-0.3, -0.25) is 4.79 Å². The molecule has 0 spiro atoms. The number of nitrogens with zero attached hydrogens (tertiary/aromatic N) is 2. The third-order valence-corrected chi connectivity index (χ3v) is 3.01. The molecule has 6 nitrogen and oxygen atoms in total. The molecule has 2 atom stereocenters. The van der Waals surface area contributed by atoms with Crippen molar-refractivity contribution in [3.8, 4) is 0 Å². The Kier molecular flexibility index (Phi) is 7.35. The van der Waals surface area contributed by atoms with Crippen LogP contribution < -0.4 is 5.32 Å². The summed E-state index contributed by atoms with van der Waals surface area (Å²) in [5, 5.41) is 11.6. The number of carbonyl (C=O) groups is 2. The molecule has 0 aromatic carbocycles. The molecule has 6 heteroatoms. The van der Waals surface area contributed by atoms with Crippen molar-refractivity contribution in [3.63, 3.8) is 0 Å². The lowest BCUT2D eigenvalue weighted by Gasteiger charge is -2.25. The number of rotatable bonds is 7. The number of urea groups is 1. The standard InChI is InChI=1S/C12H25N3O3/c1-6-15(8-9(2)11(16)17)12(18)13-7-10(3)14(4)5/h9-10H,6-8H2,1-5H3,(H,13,18)(H,16,17). The highest BCUT2D eigenvalue weighted by Gasteiger charge is 2.19. The SMILES string of the molecule is CCN(CC(C)C(=O)O)C(=O)NCC(C)N(C)C. The molecule has 2 N–H and O–H groups in total. The van der Waals surface area contributed by atoms with E-state index in [2.05, 4.69) is 5.32 Å². The van der Waals surface area contributed by atoms with Crippen molar-refractivity contribution in [1.82, 2.24) is 15.1 Å². The molecule has 106 valence electrons. The summed E-state index contributed by atoms with van der Waals surface area (Å²) in [5.74, 6) is -1.44. The summed E-state index contributed by atoms with van der Waals surface area (Å²) < 4.78 is 0. The first kappa shape index (κ1) is 16.7. The zero-order valence-electron chi connectivity index (χ0n) is 11.9. The molecule has 0 rings (SSSR count). The van der Waals surface area contributed by atoms with Gasteiger partial charge in [-0.15, -0.1) is 0 Å². The predicted octanol–water partition coefficient (Wildman–Crippen LogP) is 0.689. The monoisotopic (exact) mass is 259 g/mol. The summed E-state index contributed by atoms with van der Waals surface area (Å²) in [6, 6.07) is 0.0313. The first-order valence-electron chi connectivity index (χ1n) is 6.21. The van der Waals surface area contributed by atoms with E-state index in [0.29, 0.717) is 13.1 Å². The van der Waals surface area contributed by atoms with E-state index in [1.54, 1.807) is 6.92 Å². The van der Waals surface area contributed by atoms with Gasteiger partial charge in [0.25, 0.3) is 0 Å². The Labute approximate surface area is 109 Å². The molecule has 0 aliphatic rings. The van der Waals surface area contributed by atoms with Gasteiger partial charge in [0.1, 0.15) is 0 Å². The van der Waals surface area contributed by atoms with Crippen molar-refractivity contribution >= 4 is 12.0 Å². The fraction of sp³-hybridized carbons (Fsp3) is 0.833. The highest BCUT2D eigenvalue weighted by atomic mass is 16.4. The van der Waals surface area contributed by atoms with Crippen molar-refractivity contribution in [1.29, 1.82) is 0 Å². The van der Waals surface area contributed by atoms with E-state index < -0.39 is 11.9 Å². The van der Waals surface area contributed by atoms with Gasteiger partial charge >= 0.3 is 12.0 Å². The van der Waals surface area contributed by atoms with Gasteiger partial charge in [0.05, 0.1) is 5.92 Å². The quantitative estimate of drug-likeness (QED) is 0.705. The second-order valence-electron chi connectivity index (χ2n) is 4.78. The van der Waals surface area contributed by atoms with Crippen LogP contribution in [0.4, 0.5) is 4.79 Å². The van der Waals surface area contributed by atoms with Gasteiger partial charge in [0.15, 0.2) is 0 Å². The number of carbonyl (C=O) groups excluding carboxylic acids is 1. The fourth-order valence-corrected chi connectivity index (χ4v) is 1.29. The highest BCUT2D eigenvalue weighted by Crippen LogP contribution is 2.01. The van der Waals surface area contributed by atoms with Crippen molar-refractivity contribution in [3.05, 3.63) is 0 Å². The van der Waals surface area contributed by atoms with Crippen molar-refractivity contribution < 1.29 is 14.7 Å². The maximum Gasteiger partial charge on any atom is 0.317 e. The van der Waals surface area contributed by atoms with E-state index in [4.69, 9.17) is 5.11 Å². The average molecular weight is 259 g/mol. The van der Waals surface area contributed by atoms with Crippen LogP contribution in [0.3, 0.4) is 0 Å². The molecular weight excluding hydrogens is 234 g/mol. The van der Waals surface area contributed by atoms with Crippen molar-refractivity contribution in [2.75, 3.05) is 33.7 Å². The second-order valence-corrected chi connectivity index (χ2v) is 4.78. The fourth-order valence-electron chi connectivity index (χ4n) is 1.29. The zero-order chi connectivity index (χ0) is 14.3. The maximum absolute atomic E-state index is 11.9. The number of amides is 2. The number of nitrogens with one attached hydrogen (secondary N) is 1. The van der Waals surface area contributed by atoms with Crippen LogP contribution in [-0.2, 0) is 4.79 Å². The van der Waals surface area contributed by atoms with Crippen LogP contribution in [0.2, 0.25) is 0 Å². The van der Waals surface area contributed by atoms with E-state index in [1.807, 2.05) is 32.8 Å². The molecule has 0 saturated carbocycles. The van der Waals surface area contributed by atoms with E-state index in [-0.39, 0.29) is 18.6 Å². The molecule has 0 aliphatic carbocycles. The molecule has 2 amide bonds. The number of carboxylic acid groups (broad SMARTS) is 1. The number of carboxylic acids is 1. The summed E-state index contributed by atoms with van der Waals surface area (Å²) in [7, 11) is 3.89. The maximum atomic E-state index is 11.9. The average Bonchev–Trinajstić information content (AvgIpc) is 2.31. The van der Waals surface area contributed by atoms with Crippen LogP contribution in [-0.4, -0.2) is 66.7 Å². The number of aliphatic carboxylic acids is 1. The highest BCUT2D eigenvalue weighted by molar-refractivity contribution is 5.75. The molecule has 0 heterocycles. The number of hydrogen-bond donors (Lipinski definition) is 2. The van der Waals surface area contributed by atoms with Crippen LogP contribution >= 0.6 is 0 Å². The lowest BCUT2D eigenvalue weighted by molar-refractivity contribution is -0.141. The van der Waals surface area contributed by atoms with Gasteiger partial charge in [0, 0.05) is 25.7 Å². The topological polar surface area (TPSA) is 72.9 Å². The summed E-state index contributed by atoms with van der Waals surface area (Å²) >= 11 is 0. The number of likely N-dealkylation sites (N-methyl/N-ethyl adjacent to an activating group) is 1. The van der Waals surface area contributed by atoms with Gasteiger partial charge in [-0.2, -0.15) is 0 Å². The minimum Gasteiger partial charge on any atom is -0.481 e. The van der Waals surface area contributed by atoms with E-state index >= 15 is 0 Å². The van der Waals surface area contributed by atoms with Crippen LogP contribution in [0, 0.1) is 5.92 Å². The van der Waals surface area contributed by atoms with Crippen LogP contribution in [0.1, 0.15) is 20.8 Å². The summed E-state index contributed by atoms with van der Waals surface area (Å²) in [6.07, 6.45) is 0. The molecule has 0 bridgehead atoms. The van der Waals surface area contributed by atoms with Crippen LogP contribution in [0.5, 0.6) is 0 Å². The molecular formula is C12H25N3O3. The Morgan fingerprint density at radius 3 is 2.22 bits per heavy atom. The largest absolute Gasteiger partial charge is 0.481 e. The third-order valence-electron chi connectivity index (χ3n) is 3.01. The van der Waals surface area contributed by atoms with Gasteiger partial charge in [0.2, 0.25) is 0 Å². The Balaban J connectivity index is 4.23. The Morgan fingerprint density at radius 2 is 1.83 bits per heavy atom. The van der Waals surface area contributed by atoms with Crippen molar-refractivity contribution in [2.45, 2.75) is 26.8 Å². The molecule has 0 aliphatic heterocycles. The zero-order valence-corrected chi connectivity index (χ0v) is 11.9. The summed E-state index contributed by atoms with van der Waals surface area (Å²) in [4.78, 5) is 26.2. The molecule has 0 aromatic heterocycles. The normalized spacial score (nSPS) is 14.1. The first-order chi connectivity index (χ1) is 8.29. The Hall–Kier alpha value is -1.30. The minimum atomic E-state index is -0.886. The molecule has 0 aromatic rings. The van der Waals surface area contributed by atoms with E-state index in [0.717, 1.165) is 0 Å². The van der Waals surface area contributed by atoms with Crippen molar-refractivity contribution in [2.24, 2.45) is 5.92 Å². The predicted molar refractivity (Wildman–Crippen MR) is 70.6 cm³/mol. The van der Waals surface area contributed by atoms with Gasteiger partial charge in [-0.25, -0.2) is 4.79 Å². The molecule has 0 radical (unpaired) electrons. The Morgan fingerprint density at radius 1 is 1.28 bits per heavy atom. The minimum absolute atomic E-state index is 0.209. The van der Waals surface area contributed by atoms with E-state index in [9.17, 15) is 9.59 Å². The first-order valence-corrected chi connectivity index (χ1v) is 6.21. The molecule has 0 fully saturated rings. The van der Waals surface area contributed by atoms with Crippen LogP contribution in [0.15, 0.2) is 0 Å². The summed E-state index contributed by atoms with van der Waals surface area (Å²) in [6.45, 7) is 6.72. The molecule has 0 saturated heterocycles. The summed E-state index contributed by atoms with van der Waals surface area (Å²) in [5.41, 5.74) is 0. The van der Waals surface area contributed by atoms with Gasteiger partial charge in [-0.05, 0) is 27.9 Å². The van der Waals surface area contributed by atoms with Gasteiger partial charge in [-0.1, -0.05) is 6.92 Å². The van der Waals surface area contributed by atoms with E-state index in [1.165, 1.54) is 4.90 Å².